The number of aliphatic hydroxyl groups excluding tert-OH is 1. The Labute approximate surface area is 119 Å². The van der Waals surface area contributed by atoms with Crippen molar-refractivity contribution in [2.45, 2.75) is 17.9 Å². The molecule has 0 saturated carbocycles. The fraction of sp³-hybridized carbons (Fsp3) is 0.250. The first-order valence-corrected chi connectivity index (χ1v) is 8.05. The summed E-state index contributed by atoms with van der Waals surface area (Å²) in [6.45, 7) is 1.26. The van der Waals surface area contributed by atoms with Crippen molar-refractivity contribution in [2.75, 3.05) is 6.54 Å². The molecular weight excluding hydrogens is 302 g/mol. The molecule has 1 unspecified atom stereocenters. The van der Waals surface area contributed by atoms with E-state index < -0.39 is 22.1 Å². The largest absolute Gasteiger partial charge is 0.477 e. The zero-order chi connectivity index (χ0) is 14.9. The Morgan fingerprint density at radius 2 is 2.05 bits per heavy atom. The van der Waals surface area contributed by atoms with Gasteiger partial charge < -0.3 is 10.2 Å². The number of hydrogen-bond donors (Lipinski definition) is 3. The fourth-order valence-electron chi connectivity index (χ4n) is 1.73. The van der Waals surface area contributed by atoms with Gasteiger partial charge in [-0.1, -0.05) is 18.2 Å². The summed E-state index contributed by atoms with van der Waals surface area (Å²) in [6.07, 6.45) is -0.858. The molecule has 8 heteroatoms. The fourth-order valence-corrected chi connectivity index (χ4v) is 4.59. The molecule has 1 atom stereocenters. The Morgan fingerprint density at radius 3 is 2.65 bits per heavy atom. The molecule has 0 aliphatic rings. The predicted molar refractivity (Wildman–Crippen MR) is 75.7 cm³/mol. The second-order valence-corrected chi connectivity index (χ2v) is 7.02. The SMILES string of the molecule is CC(O)CNS(=O)(=O)c1c(C(=O)O)sc2ccccc12. The van der Waals surface area contributed by atoms with E-state index in [4.69, 9.17) is 5.11 Å². The highest BCUT2D eigenvalue weighted by Crippen LogP contribution is 2.34. The second-order valence-electron chi connectivity index (χ2n) is 4.26. The van der Waals surface area contributed by atoms with Crippen LogP contribution >= 0.6 is 11.3 Å². The Balaban J connectivity index is 2.62. The van der Waals surface area contributed by atoms with Gasteiger partial charge in [0.25, 0.3) is 0 Å². The van der Waals surface area contributed by atoms with Crippen molar-refractivity contribution in [3.63, 3.8) is 0 Å². The molecule has 0 amide bonds. The molecule has 0 saturated heterocycles. The van der Waals surface area contributed by atoms with Gasteiger partial charge in [-0.25, -0.2) is 17.9 Å². The van der Waals surface area contributed by atoms with Gasteiger partial charge in [0.15, 0.2) is 0 Å². The maximum Gasteiger partial charge on any atom is 0.347 e. The van der Waals surface area contributed by atoms with Crippen LogP contribution in [-0.4, -0.2) is 37.2 Å². The standard InChI is InChI=1S/C12H13NO5S2/c1-7(14)6-13-20(17,18)11-8-4-2-3-5-9(8)19-10(11)12(15)16/h2-5,7,13-14H,6H2,1H3,(H,15,16). The number of carboxylic acid groups (broad SMARTS) is 1. The van der Waals surface area contributed by atoms with Crippen LogP contribution in [0.15, 0.2) is 29.2 Å². The maximum atomic E-state index is 12.3. The highest BCUT2D eigenvalue weighted by atomic mass is 32.2. The first kappa shape index (κ1) is 14.9. The molecule has 0 aliphatic heterocycles. The summed E-state index contributed by atoms with van der Waals surface area (Å²) in [5.41, 5.74) is 0. The van der Waals surface area contributed by atoms with Crippen molar-refractivity contribution in [1.82, 2.24) is 4.72 Å². The molecule has 20 heavy (non-hydrogen) atoms. The molecule has 2 rings (SSSR count). The van der Waals surface area contributed by atoms with E-state index >= 15 is 0 Å². The molecule has 108 valence electrons. The van der Waals surface area contributed by atoms with Crippen LogP contribution < -0.4 is 4.72 Å². The van der Waals surface area contributed by atoms with Gasteiger partial charge in [-0.15, -0.1) is 11.3 Å². The highest BCUT2D eigenvalue weighted by molar-refractivity contribution is 7.90. The van der Waals surface area contributed by atoms with E-state index in [1.54, 1.807) is 24.3 Å². The third-order valence-electron chi connectivity index (χ3n) is 2.58. The number of hydrogen-bond acceptors (Lipinski definition) is 5. The average Bonchev–Trinajstić information content (AvgIpc) is 2.76. The number of carboxylic acids is 1. The summed E-state index contributed by atoms with van der Waals surface area (Å²) in [7, 11) is -3.99. The van der Waals surface area contributed by atoms with Crippen molar-refractivity contribution < 1.29 is 23.4 Å². The summed E-state index contributed by atoms with van der Waals surface area (Å²) >= 11 is 0.912. The van der Waals surface area contributed by atoms with Crippen LogP contribution in [0.1, 0.15) is 16.6 Å². The quantitative estimate of drug-likeness (QED) is 0.770. The van der Waals surface area contributed by atoms with Gasteiger partial charge in [-0.3, -0.25) is 0 Å². The Bertz CT molecular complexity index is 748. The van der Waals surface area contributed by atoms with Crippen molar-refractivity contribution in [2.24, 2.45) is 0 Å². The molecule has 1 heterocycles. The highest BCUT2D eigenvalue weighted by Gasteiger charge is 2.28. The Kier molecular flexibility index (Phi) is 4.09. The van der Waals surface area contributed by atoms with E-state index in [0.29, 0.717) is 10.1 Å². The van der Waals surface area contributed by atoms with E-state index in [1.807, 2.05) is 0 Å². The summed E-state index contributed by atoms with van der Waals surface area (Å²) in [4.78, 5) is 10.8. The zero-order valence-electron chi connectivity index (χ0n) is 10.5. The molecule has 1 aromatic carbocycles. The molecule has 0 radical (unpaired) electrons. The monoisotopic (exact) mass is 315 g/mol. The van der Waals surface area contributed by atoms with Crippen molar-refractivity contribution in [3.05, 3.63) is 29.1 Å². The summed E-state index contributed by atoms with van der Waals surface area (Å²) in [6, 6.07) is 6.59. The van der Waals surface area contributed by atoms with Gasteiger partial charge in [0.2, 0.25) is 10.0 Å². The van der Waals surface area contributed by atoms with Crippen molar-refractivity contribution in [3.8, 4) is 0 Å². The molecule has 3 N–H and O–H groups in total. The minimum absolute atomic E-state index is 0.175. The van der Waals surface area contributed by atoms with E-state index in [1.165, 1.54) is 6.92 Å². The lowest BCUT2D eigenvalue weighted by atomic mass is 10.2. The maximum absolute atomic E-state index is 12.3. The molecule has 0 fully saturated rings. The number of fused-ring (bicyclic) bond motifs is 1. The lowest BCUT2D eigenvalue weighted by Gasteiger charge is -2.08. The van der Waals surface area contributed by atoms with Crippen LogP contribution in [0.2, 0.25) is 0 Å². The van der Waals surface area contributed by atoms with Crippen LogP contribution in [0.4, 0.5) is 0 Å². The van der Waals surface area contributed by atoms with Gasteiger partial charge in [-0.2, -0.15) is 0 Å². The second kappa shape index (κ2) is 5.49. The third kappa shape index (κ3) is 2.83. The molecular formula is C12H13NO5S2. The van der Waals surface area contributed by atoms with E-state index in [9.17, 15) is 18.3 Å². The van der Waals surface area contributed by atoms with Crippen molar-refractivity contribution >= 4 is 37.4 Å². The van der Waals surface area contributed by atoms with Gasteiger partial charge in [0.05, 0.1) is 6.10 Å². The van der Waals surface area contributed by atoms with Gasteiger partial charge in [-0.05, 0) is 13.0 Å². The molecule has 0 bridgehead atoms. The van der Waals surface area contributed by atoms with Gasteiger partial charge in [0.1, 0.15) is 9.77 Å². The molecule has 0 aliphatic carbocycles. The smallest absolute Gasteiger partial charge is 0.347 e. The lowest BCUT2D eigenvalue weighted by molar-refractivity contribution is 0.0698. The first-order chi connectivity index (χ1) is 9.33. The van der Waals surface area contributed by atoms with Crippen LogP contribution in [-0.2, 0) is 10.0 Å². The number of benzene rings is 1. The van der Waals surface area contributed by atoms with Gasteiger partial charge in [0, 0.05) is 16.6 Å². The Hall–Kier alpha value is -1.48. The van der Waals surface area contributed by atoms with Crippen LogP contribution in [0.5, 0.6) is 0 Å². The Morgan fingerprint density at radius 1 is 1.40 bits per heavy atom. The predicted octanol–water partition coefficient (Wildman–Crippen LogP) is 1.26. The van der Waals surface area contributed by atoms with Gasteiger partial charge >= 0.3 is 5.97 Å². The summed E-state index contributed by atoms with van der Waals surface area (Å²) in [5.74, 6) is -1.29. The molecule has 0 spiro atoms. The summed E-state index contributed by atoms with van der Waals surface area (Å²) in [5, 5.41) is 18.7. The van der Waals surface area contributed by atoms with Crippen LogP contribution in [0, 0.1) is 0 Å². The number of nitrogens with one attached hydrogen (secondary N) is 1. The topological polar surface area (TPSA) is 104 Å². The first-order valence-electron chi connectivity index (χ1n) is 5.75. The minimum atomic E-state index is -3.99. The molecule has 6 nitrogen and oxygen atoms in total. The molecule has 1 aromatic heterocycles. The van der Waals surface area contributed by atoms with E-state index in [-0.39, 0.29) is 16.3 Å². The summed E-state index contributed by atoms with van der Waals surface area (Å²) < 4.78 is 27.3. The van der Waals surface area contributed by atoms with Crippen LogP contribution in [0.3, 0.4) is 0 Å². The van der Waals surface area contributed by atoms with E-state index in [0.717, 1.165) is 11.3 Å². The third-order valence-corrected chi connectivity index (χ3v) is 5.38. The molecule has 2 aromatic rings. The number of aromatic carboxylic acids is 1. The number of aliphatic hydroxyl groups is 1. The lowest BCUT2D eigenvalue weighted by Crippen LogP contribution is -2.31. The average molecular weight is 315 g/mol. The van der Waals surface area contributed by atoms with Crippen LogP contribution in [0.25, 0.3) is 10.1 Å². The number of rotatable bonds is 5. The number of thiophene rings is 1. The minimum Gasteiger partial charge on any atom is -0.477 e. The van der Waals surface area contributed by atoms with E-state index in [2.05, 4.69) is 4.72 Å². The number of sulfonamides is 1. The zero-order valence-corrected chi connectivity index (χ0v) is 12.2. The van der Waals surface area contributed by atoms with Crippen molar-refractivity contribution in [1.29, 1.82) is 0 Å². The number of carbonyl (C=O) groups is 1. The normalized spacial score (nSPS) is 13.5.